The smallest absolute Gasteiger partial charge is 0.317 e. The molecular weight excluding hydrogens is 466 g/mol. The first-order valence-corrected chi connectivity index (χ1v) is 14.7. The van der Waals surface area contributed by atoms with Crippen LogP contribution in [0.25, 0.3) is 0 Å². The predicted molar refractivity (Wildman–Crippen MR) is 147 cm³/mol. The molecule has 1 aromatic rings. The number of carbonyl (C=O) groups excluding carboxylic acids is 1. The van der Waals surface area contributed by atoms with E-state index in [9.17, 15) is 9.90 Å². The van der Waals surface area contributed by atoms with E-state index in [1.807, 2.05) is 24.1 Å². The van der Waals surface area contributed by atoms with Crippen LogP contribution < -0.4 is 15.4 Å². The lowest BCUT2D eigenvalue weighted by Gasteiger charge is -2.43. The monoisotopic (exact) mass is 515 g/mol. The van der Waals surface area contributed by atoms with Crippen molar-refractivity contribution in [1.29, 1.82) is 0 Å². The Bertz CT molecular complexity index is 859. The quantitative estimate of drug-likeness (QED) is 0.354. The molecule has 2 fully saturated rings. The molecule has 7 heteroatoms. The number of likely N-dealkylation sites (tertiary alicyclic amines) is 1. The standard InChI is InChI=1S/C30H49N3O4/c1-31-21-26(20-23-10-4-3-5-11-23)32-29(34)33-17-9-13-25(22-33)30(35,16-6-7-18-36-2)27-14-8-12-24-15-19-37-28(24)27/h8,12,14,23,25-26,31,35H,3-7,9-11,13,15-22H2,1-2H3,(H,32,34)/t25-,26+,30+/m1/s1. The fourth-order valence-electron chi connectivity index (χ4n) is 6.84. The second-order valence-electron chi connectivity index (χ2n) is 11.5. The number of hydrogen-bond donors (Lipinski definition) is 3. The molecule has 37 heavy (non-hydrogen) atoms. The van der Waals surface area contributed by atoms with E-state index < -0.39 is 5.60 Å². The van der Waals surface area contributed by atoms with Crippen molar-refractivity contribution in [3.63, 3.8) is 0 Å². The Morgan fingerprint density at radius 2 is 2.05 bits per heavy atom. The number of piperidine rings is 1. The Morgan fingerprint density at radius 1 is 1.22 bits per heavy atom. The van der Waals surface area contributed by atoms with Gasteiger partial charge < -0.3 is 30.1 Å². The van der Waals surface area contributed by atoms with E-state index in [0.717, 1.165) is 62.9 Å². The molecule has 2 amide bonds. The number of fused-ring (bicyclic) bond motifs is 1. The summed E-state index contributed by atoms with van der Waals surface area (Å²) in [6.07, 6.45) is 12.7. The number of urea groups is 1. The highest BCUT2D eigenvalue weighted by Gasteiger charge is 2.44. The van der Waals surface area contributed by atoms with Gasteiger partial charge in [0, 0.05) is 57.3 Å². The van der Waals surface area contributed by atoms with Gasteiger partial charge in [-0.1, -0.05) is 50.3 Å². The second kappa shape index (κ2) is 13.8. The molecule has 2 heterocycles. The van der Waals surface area contributed by atoms with Gasteiger partial charge in [0.05, 0.1) is 12.2 Å². The van der Waals surface area contributed by atoms with Gasteiger partial charge in [-0.05, 0) is 57.1 Å². The highest BCUT2D eigenvalue weighted by atomic mass is 16.5. The number of rotatable bonds is 12. The van der Waals surface area contributed by atoms with Crippen molar-refractivity contribution < 1.29 is 19.4 Å². The van der Waals surface area contributed by atoms with Crippen LogP contribution in [0.15, 0.2) is 18.2 Å². The summed E-state index contributed by atoms with van der Waals surface area (Å²) in [7, 11) is 3.68. The first kappa shape index (κ1) is 28.2. The maximum atomic E-state index is 13.5. The predicted octanol–water partition coefficient (Wildman–Crippen LogP) is 4.61. The van der Waals surface area contributed by atoms with Crippen molar-refractivity contribution in [2.24, 2.45) is 11.8 Å². The molecule has 0 bridgehead atoms. The number of para-hydroxylation sites is 1. The summed E-state index contributed by atoms with van der Waals surface area (Å²) >= 11 is 0. The molecule has 0 aromatic heterocycles. The zero-order chi connectivity index (χ0) is 26.1. The van der Waals surface area contributed by atoms with Crippen LogP contribution in [0.3, 0.4) is 0 Å². The van der Waals surface area contributed by atoms with Crippen molar-refractivity contribution in [2.75, 3.05) is 47.0 Å². The highest BCUT2D eigenvalue weighted by molar-refractivity contribution is 5.74. The Morgan fingerprint density at radius 3 is 2.84 bits per heavy atom. The molecule has 0 unspecified atom stereocenters. The average molecular weight is 516 g/mol. The number of methoxy groups -OCH3 is 1. The lowest BCUT2D eigenvalue weighted by atomic mass is 9.73. The van der Waals surface area contributed by atoms with Gasteiger partial charge in [0.1, 0.15) is 5.75 Å². The van der Waals surface area contributed by atoms with Crippen LogP contribution in [-0.4, -0.2) is 69.1 Å². The number of benzene rings is 1. The van der Waals surface area contributed by atoms with E-state index >= 15 is 0 Å². The Hall–Kier alpha value is -1.83. The summed E-state index contributed by atoms with van der Waals surface area (Å²) in [6, 6.07) is 6.33. The lowest BCUT2D eigenvalue weighted by Crippen LogP contribution is -2.54. The molecule has 1 aliphatic carbocycles. The van der Waals surface area contributed by atoms with E-state index in [2.05, 4.69) is 16.7 Å². The average Bonchev–Trinajstić information content (AvgIpc) is 3.41. The van der Waals surface area contributed by atoms with Gasteiger partial charge >= 0.3 is 6.03 Å². The number of ether oxygens (including phenoxy) is 2. The number of hydrogen-bond acceptors (Lipinski definition) is 5. The Labute approximate surface area is 223 Å². The minimum atomic E-state index is -1.03. The van der Waals surface area contributed by atoms with E-state index in [1.165, 1.54) is 37.7 Å². The molecule has 0 radical (unpaired) electrons. The van der Waals surface area contributed by atoms with Crippen molar-refractivity contribution >= 4 is 6.03 Å². The number of nitrogens with zero attached hydrogens (tertiary/aromatic N) is 1. The van der Waals surface area contributed by atoms with Gasteiger partial charge in [-0.3, -0.25) is 0 Å². The fourth-order valence-corrected chi connectivity index (χ4v) is 6.84. The van der Waals surface area contributed by atoms with Gasteiger partial charge in [-0.2, -0.15) is 0 Å². The third-order valence-corrected chi connectivity index (χ3v) is 8.84. The number of carbonyl (C=O) groups is 1. The summed E-state index contributed by atoms with van der Waals surface area (Å²) in [5.74, 6) is 1.53. The van der Waals surface area contributed by atoms with E-state index in [4.69, 9.17) is 9.47 Å². The number of unbranched alkanes of at least 4 members (excludes halogenated alkanes) is 1. The van der Waals surface area contributed by atoms with Gasteiger partial charge in [0.25, 0.3) is 0 Å². The van der Waals surface area contributed by atoms with Crippen molar-refractivity contribution in [3.05, 3.63) is 29.3 Å². The minimum absolute atomic E-state index is 0.0111. The summed E-state index contributed by atoms with van der Waals surface area (Å²) in [5.41, 5.74) is 1.04. The summed E-state index contributed by atoms with van der Waals surface area (Å²) < 4.78 is 11.3. The molecule has 3 atom stereocenters. The SMILES string of the molecule is CNC[C@H](CC1CCCCC1)NC(=O)N1CCC[C@@H]([C@@](O)(CCCCOC)c2cccc3c2OCC3)C1. The molecule has 0 spiro atoms. The van der Waals surface area contributed by atoms with Crippen LogP contribution in [0.4, 0.5) is 4.79 Å². The molecule has 1 aromatic carbocycles. The molecule has 4 rings (SSSR count). The van der Waals surface area contributed by atoms with Crippen LogP contribution >= 0.6 is 0 Å². The maximum absolute atomic E-state index is 13.5. The first-order chi connectivity index (χ1) is 18.0. The van der Waals surface area contributed by atoms with Crippen molar-refractivity contribution in [3.8, 4) is 5.75 Å². The van der Waals surface area contributed by atoms with E-state index in [1.54, 1.807) is 7.11 Å². The van der Waals surface area contributed by atoms with Gasteiger partial charge in [-0.15, -0.1) is 0 Å². The topological polar surface area (TPSA) is 83.1 Å². The normalized spacial score (nSPS) is 22.7. The molecule has 7 nitrogen and oxygen atoms in total. The zero-order valence-corrected chi connectivity index (χ0v) is 23.1. The summed E-state index contributed by atoms with van der Waals surface area (Å²) in [5, 5.41) is 19.0. The van der Waals surface area contributed by atoms with Crippen LogP contribution in [0.1, 0.15) is 81.8 Å². The van der Waals surface area contributed by atoms with Crippen LogP contribution in [0, 0.1) is 11.8 Å². The number of aliphatic hydroxyl groups is 1. The summed E-state index contributed by atoms with van der Waals surface area (Å²) in [4.78, 5) is 15.4. The molecular formula is C30H49N3O4. The number of nitrogens with one attached hydrogen (secondary N) is 2. The molecule has 3 N–H and O–H groups in total. The highest BCUT2D eigenvalue weighted by Crippen LogP contribution is 2.45. The molecule has 208 valence electrons. The molecule has 1 saturated heterocycles. The zero-order valence-electron chi connectivity index (χ0n) is 23.1. The largest absolute Gasteiger partial charge is 0.493 e. The van der Waals surface area contributed by atoms with Gasteiger partial charge in [-0.25, -0.2) is 4.79 Å². The van der Waals surface area contributed by atoms with Crippen LogP contribution in [-0.2, 0) is 16.8 Å². The fraction of sp³-hybridized carbons (Fsp3) is 0.767. The minimum Gasteiger partial charge on any atom is -0.493 e. The molecule has 2 aliphatic heterocycles. The van der Waals surface area contributed by atoms with Crippen molar-refractivity contribution in [2.45, 2.75) is 88.7 Å². The third kappa shape index (κ3) is 7.18. The number of likely N-dealkylation sites (N-methyl/N-ethyl adjacent to an activating group) is 1. The number of amides is 2. The molecule has 1 saturated carbocycles. The Balaban J connectivity index is 1.46. The van der Waals surface area contributed by atoms with Crippen LogP contribution in [0.5, 0.6) is 5.75 Å². The van der Waals surface area contributed by atoms with E-state index in [-0.39, 0.29) is 18.0 Å². The molecule has 3 aliphatic rings. The maximum Gasteiger partial charge on any atom is 0.317 e. The van der Waals surface area contributed by atoms with Gasteiger partial charge in [0.2, 0.25) is 0 Å². The van der Waals surface area contributed by atoms with Crippen molar-refractivity contribution in [1.82, 2.24) is 15.5 Å². The lowest BCUT2D eigenvalue weighted by molar-refractivity contribution is -0.0577. The third-order valence-electron chi connectivity index (χ3n) is 8.84. The van der Waals surface area contributed by atoms with Gasteiger partial charge in [0.15, 0.2) is 0 Å². The second-order valence-corrected chi connectivity index (χ2v) is 11.5. The van der Waals surface area contributed by atoms with E-state index in [0.29, 0.717) is 32.1 Å². The first-order valence-electron chi connectivity index (χ1n) is 14.7. The van der Waals surface area contributed by atoms with Crippen LogP contribution in [0.2, 0.25) is 0 Å². The summed E-state index contributed by atoms with van der Waals surface area (Å²) in [6.45, 7) is 3.44. The Kier molecular flexibility index (Phi) is 10.5.